The molecule has 3 nitrogen and oxygen atoms in total. The lowest BCUT2D eigenvalue weighted by molar-refractivity contribution is 0.593. The molecule has 0 unspecified atom stereocenters. The monoisotopic (exact) mass is 287 g/mol. The first-order chi connectivity index (χ1) is 9.72. The SMILES string of the molecule is CC(C)NCc1cnc(N2CCc3ccccc3C2)s1. The molecule has 0 fully saturated rings. The summed E-state index contributed by atoms with van der Waals surface area (Å²) in [7, 11) is 0. The van der Waals surface area contributed by atoms with E-state index < -0.39 is 0 Å². The average molecular weight is 287 g/mol. The van der Waals surface area contributed by atoms with Gasteiger partial charge in [-0.2, -0.15) is 0 Å². The summed E-state index contributed by atoms with van der Waals surface area (Å²) in [4.78, 5) is 8.30. The van der Waals surface area contributed by atoms with Crippen LogP contribution in [0.15, 0.2) is 30.5 Å². The van der Waals surface area contributed by atoms with Gasteiger partial charge in [-0.15, -0.1) is 11.3 Å². The van der Waals surface area contributed by atoms with Gasteiger partial charge in [0.05, 0.1) is 0 Å². The summed E-state index contributed by atoms with van der Waals surface area (Å²) in [5.41, 5.74) is 2.93. The second kappa shape index (κ2) is 5.94. The van der Waals surface area contributed by atoms with E-state index in [4.69, 9.17) is 0 Å². The molecule has 1 aliphatic heterocycles. The lowest BCUT2D eigenvalue weighted by Crippen LogP contribution is -2.30. The van der Waals surface area contributed by atoms with E-state index in [1.54, 1.807) is 0 Å². The van der Waals surface area contributed by atoms with Gasteiger partial charge in [0.1, 0.15) is 0 Å². The molecule has 0 amide bonds. The maximum absolute atomic E-state index is 4.60. The first-order valence-electron chi connectivity index (χ1n) is 7.22. The zero-order valence-electron chi connectivity index (χ0n) is 12.1. The van der Waals surface area contributed by atoms with Crippen molar-refractivity contribution in [2.24, 2.45) is 0 Å². The molecule has 0 saturated heterocycles. The van der Waals surface area contributed by atoms with Gasteiger partial charge in [0.25, 0.3) is 0 Å². The van der Waals surface area contributed by atoms with Crippen molar-refractivity contribution in [3.05, 3.63) is 46.5 Å². The van der Waals surface area contributed by atoms with E-state index in [9.17, 15) is 0 Å². The molecule has 0 bridgehead atoms. The number of fused-ring (bicyclic) bond motifs is 1. The van der Waals surface area contributed by atoms with Gasteiger partial charge in [0.15, 0.2) is 5.13 Å². The highest BCUT2D eigenvalue weighted by atomic mass is 32.1. The molecule has 106 valence electrons. The van der Waals surface area contributed by atoms with Crippen molar-refractivity contribution in [1.29, 1.82) is 0 Å². The first kappa shape index (κ1) is 13.6. The molecule has 0 atom stereocenters. The van der Waals surface area contributed by atoms with Crippen molar-refractivity contribution in [2.75, 3.05) is 11.4 Å². The minimum absolute atomic E-state index is 0.516. The fraction of sp³-hybridized carbons (Fsp3) is 0.438. The van der Waals surface area contributed by atoms with Gasteiger partial charge in [-0.25, -0.2) is 4.98 Å². The van der Waals surface area contributed by atoms with Crippen LogP contribution in [0.25, 0.3) is 0 Å². The van der Waals surface area contributed by atoms with Gasteiger partial charge < -0.3 is 10.2 Å². The molecule has 20 heavy (non-hydrogen) atoms. The van der Waals surface area contributed by atoms with Crippen molar-refractivity contribution in [3.63, 3.8) is 0 Å². The fourth-order valence-corrected chi connectivity index (χ4v) is 3.37. The Hall–Kier alpha value is -1.39. The van der Waals surface area contributed by atoms with E-state index in [-0.39, 0.29) is 0 Å². The van der Waals surface area contributed by atoms with Crippen LogP contribution in [0.4, 0.5) is 5.13 Å². The van der Waals surface area contributed by atoms with Crippen LogP contribution in [0.1, 0.15) is 29.9 Å². The van der Waals surface area contributed by atoms with Gasteiger partial charge in [-0.1, -0.05) is 38.1 Å². The summed E-state index contributed by atoms with van der Waals surface area (Å²) in [5.74, 6) is 0. The second-order valence-electron chi connectivity index (χ2n) is 5.59. The maximum atomic E-state index is 4.60. The predicted octanol–water partition coefficient (Wildman–Crippen LogP) is 3.20. The number of thiazole rings is 1. The quantitative estimate of drug-likeness (QED) is 0.936. The molecule has 0 saturated carbocycles. The maximum Gasteiger partial charge on any atom is 0.185 e. The lowest BCUT2D eigenvalue weighted by Gasteiger charge is -2.28. The minimum Gasteiger partial charge on any atom is -0.343 e. The number of rotatable bonds is 4. The minimum atomic E-state index is 0.516. The van der Waals surface area contributed by atoms with Crippen molar-refractivity contribution >= 4 is 16.5 Å². The topological polar surface area (TPSA) is 28.2 Å². The van der Waals surface area contributed by atoms with Crippen LogP contribution in [-0.2, 0) is 19.5 Å². The first-order valence-corrected chi connectivity index (χ1v) is 8.04. The number of hydrogen-bond acceptors (Lipinski definition) is 4. The van der Waals surface area contributed by atoms with E-state index in [0.29, 0.717) is 6.04 Å². The van der Waals surface area contributed by atoms with Crippen LogP contribution >= 0.6 is 11.3 Å². The van der Waals surface area contributed by atoms with Crippen LogP contribution in [0.3, 0.4) is 0 Å². The zero-order chi connectivity index (χ0) is 13.9. The molecule has 1 N–H and O–H groups in total. The lowest BCUT2D eigenvalue weighted by atomic mass is 10.0. The molecule has 3 rings (SSSR count). The molecule has 0 aliphatic carbocycles. The highest BCUT2D eigenvalue weighted by Crippen LogP contribution is 2.28. The van der Waals surface area contributed by atoms with E-state index in [1.807, 2.05) is 17.5 Å². The fourth-order valence-electron chi connectivity index (χ4n) is 2.49. The Labute approximate surface area is 124 Å². The molecular weight excluding hydrogens is 266 g/mol. The highest BCUT2D eigenvalue weighted by Gasteiger charge is 2.18. The standard InChI is InChI=1S/C16H21N3S/c1-12(2)17-9-15-10-18-16(20-15)19-8-7-13-5-3-4-6-14(13)11-19/h3-6,10,12,17H,7-9,11H2,1-2H3. The summed E-state index contributed by atoms with van der Waals surface area (Å²) in [6, 6.07) is 9.25. The Balaban J connectivity index is 1.69. The van der Waals surface area contributed by atoms with Gasteiger partial charge in [-0.3, -0.25) is 0 Å². The molecular formula is C16H21N3S. The van der Waals surface area contributed by atoms with Gasteiger partial charge in [0.2, 0.25) is 0 Å². The summed E-state index contributed by atoms with van der Waals surface area (Å²) in [5, 5.41) is 4.60. The third-order valence-corrected chi connectivity index (χ3v) is 4.69. The highest BCUT2D eigenvalue weighted by molar-refractivity contribution is 7.15. The Morgan fingerprint density at radius 2 is 2.10 bits per heavy atom. The normalized spacial score (nSPS) is 14.7. The Kier molecular flexibility index (Phi) is 4.03. The van der Waals surface area contributed by atoms with Crippen LogP contribution in [0, 0.1) is 0 Å². The third kappa shape index (κ3) is 3.02. The molecule has 0 spiro atoms. The third-order valence-electron chi connectivity index (χ3n) is 3.63. The van der Waals surface area contributed by atoms with Gasteiger partial charge in [-0.05, 0) is 17.5 Å². The van der Waals surface area contributed by atoms with E-state index in [2.05, 4.69) is 53.3 Å². The van der Waals surface area contributed by atoms with Crippen LogP contribution in [0.5, 0.6) is 0 Å². The molecule has 1 aliphatic rings. The molecule has 2 aromatic rings. The smallest absolute Gasteiger partial charge is 0.185 e. The van der Waals surface area contributed by atoms with Crippen LogP contribution in [-0.4, -0.2) is 17.6 Å². The van der Waals surface area contributed by atoms with E-state index in [1.165, 1.54) is 16.0 Å². The van der Waals surface area contributed by atoms with Crippen molar-refractivity contribution in [1.82, 2.24) is 10.3 Å². The van der Waals surface area contributed by atoms with Crippen molar-refractivity contribution in [2.45, 2.75) is 39.4 Å². The summed E-state index contributed by atoms with van der Waals surface area (Å²) in [6.07, 6.45) is 3.13. The number of benzene rings is 1. The average Bonchev–Trinajstić information content (AvgIpc) is 2.93. The van der Waals surface area contributed by atoms with Gasteiger partial charge in [0, 0.05) is 36.8 Å². The Morgan fingerprint density at radius 3 is 2.90 bits per heavy atom. The molecule has 0 radical (unpaired) electrons. The second-order valence-corrected chi connectivity index (χ2v) is 6.68. The largest absolute Gasteiger partial charge is 0.343 e. The predicted molar refractivity (Wildman–Crippen MR) is 85.3 cm³/mol. The number of aromatic nitrogens is 1. The zero-order valence-corrected chi connectivity index (χ0v) is 12.9. The molecule has 1 aromatic carbocycles. The molecule has 2 heterocycles. The summed E-state index contributed by atoms with van der Waals surface area (Å²) >= 11 is 1.81. The number of nitrogens with one attached hydrogen (secondary N) is 1. The van der Waals surface area contributed by atoms with Gasteiger partial charge >= 0.3 is 0 Å². The number of hydrogen-bond donors (Lipinski definition) is 1. The summed E-state index contributed by atoms with van der Waals surface area (Å²) in [6.45, 7) is 7.31. The van der Waals surface area contributed by atoms with E-state index in [0.717, 1.165) is 31.2 Å². The van der Waals surface area contributed by atoms with Crippen LogP contribution in [0.2, 0.25) is 0 Å². The summed E-state index contributed by atoms with van der Waals surface area (Å²) < 4.78 is 0. The van der Waals surface area contributed by atoms with E-state index >= 15 is 0 Å². The number of nitrogens with zero attached hydrogens (tertiary/aromatic N) is 2. The molecule has 1 aromatic heterocycles. The Bertz CT molecular complexity index is 577. The van der Waals surface area contributed by atoms with Crippen molar-refractivity contribution < 1.29 is 0 Å². The number of anilines is 1. The Morgan fingerprint density at radius 1 is 1.30 bits per heavy atom. The molecule has 4 heteroatoms. The van der Waals surface area contributed by atoms with Crippen molar-refractivity contribution in [3.8, 4) is 0 Å². The van der Waals surface area contributed by atoms with Crippen LogP contribution < -0.4 is 10.2 Å².